The number of carbonyl (C=O) groups is 1. The first kappa shape index (κ1) is 14.6. The lowest BCUT2D eigenvalue weighted by molar-refractivity contribution is 0.0981. The quantitative estimate of drug-likeness (QED) is 0.558. The van der Waals surface area contributed by atoms with Crippen molar-refractivity contribution in [2.45, 2.75) is 46.0 Å². The predicted octanol–water partition coefficient (Wildman–Crippen LogP) is 4.72. The number of aromatic amines is 1. The van der Waals surface area contributed by atoms with Crippen LogP contribution in [0.3, 0.4) is 0 Å². The third kappa shape index (κ3) is 3.41. The lowest BCUT2D eigenvalue weighted by atomic mass is 10.0. The molecule has 3 heteroatoms. The Bertz CT molecular complexity index is 571. The van der Waals surface area contributed by atoms with E-state index in [9.17, 15) is 4.79 Å². The zero-order chi connectivity index (χ0) is 14.4. The van der Waals surface area contributed by atoms with Crippen molar-refractivity contribution in [2.24, 2.45) is 0 Å². The number of unbranched alkanes of at least 4 members (excludes halogenated alkanes) is 2. The number of ketones is 1. The first-order chi connectivity index (χ1) is 9.76. The van der Waals surface area contributed by atoms with Crippen molar-refractivity contribution in [1.82, 2.24) is 4.98 Å². The second kappa shape index (κ2) is 7.13. The van der Waals surface area contributed by atoms with E-state index in [-0.39, 0.29) is 5.78 Å². The van der Waals surface area contributed by atoms with E-state index in [0.29, 0.717) is 13.0 Å². The number of Topliss-reactive ketones (excluding diaryl/α,β-unsaturated/α-hetero) is 1. The van der Waals surface area contributed by atoms with E-state index < -0.39 is 0 Å². The van der Waals surface area contributed by atoms with Crippen molar-refractivity contribution in [3.8, 4) is 5.75 Å². The number of carbonyl (C=O) groups excluding carboxylic acids is 1. The molecular weight excluding hydrogens is 250 g/mol. The molecule has 0 spiro atoms. The van der Waals surface area contributed by atoms with Crippen LogP contribution in [0.1, 0.15) is 56.3 Å². The summed E-state index contributed by atoms with van der Waals surface area (Å²) in [6.07, 6.45) is 6.64. The van der Waals surface area contributed by atoms with Crippen molar-refractivity contribution in [3.05, 3.63) is 30.0 Å². The number of nitrogens with one attached hydrogen (secondary N) is 1. The average molecular weight is 273 g/mol. The van der Waals surface area contributed by atoms with Gasteiger partial charge in [-0.2, -0.15) is 0 Å². The lowest BCUT2D eigenvalue weighted by Gasteiger charge is -2.05. The van der Waals surface area contributed by atoms with Crippen LogP contribution in [0.2, 0.25) is 0 Å². The van der Waals surface area contributed by atoms with Crippen LogP contribution in [0.25, 0.3) is 10.9 Å². The van der Waals surface area contributed by atoms with Crippen molar-refractivity contribution < 1.29 is 9.53 Å². The molecule has 0 bridgehead atoms. The van der Waals surface area contributed by atoms with Crippen LogP contribution in [-0.4, -0.2) is 17.4 Å². The van der Waals surface area contributed by atoms with Gasteiger partial charge in [-0.05, 0) is 31.0 Å². The minimum Gasteiger partial charge on any atom is -0.494 e. The molecule has 1 heterocycles. The molecule has 0 atom stereocenters. The zero-order valence-electron chi connectivity index (χ0n) is 12.4. The normalized spacial score (nSPS) is 10.9. The van der Waals surface area contributed by atoms with Crippen molar-refractivity contribution in [1.29, 1.82) is 0 Å². The minimum atomic E-state index is 0.220. The highest BCUT2D eigenvalue weighted by Crippen LogP contribution is 2.25. The summed E-state index contributed by atoms with van der Waals surface area (Å²) in [5, 5.41) is 0.972. The van der Waals surface area contributed by atoms with Gasteiger partial charge in [0.1, 0.15) is 5.75 Å². The molecule has 1 aromatic heterocycles. The maximum Gasteiger partial charge on any atom is 0.165 e. The number of aromatic nitrogens is 1. The summed E-state index contributed by atoms with van der Waals surface area (Å²) in [6.45, 7) is 4.93. The smallest absolute Gasteiger partial charge is 0.165 e. The van der Waals surface area contributed by atoms with Gasteiger partial charge in [-0.15, -0.1) is 0 Å². The minimum absolute atomic E-state index is 0.220. The molecule has 1 N–H and O–H groups in total. The highest BCUT2D eigenvalue weighted by atomic mass is 16.5. The summed E-state index contributed by atoms with van der Waals surface area (Å²) < 4.78 is 5.64. The van der Waals surface area contributed by atoms with Gasteiger partial charge in [-0.1, -0.05) is 26.7 Å². The number of hydrogen-bond donors (Lipinski definition) is 1. The van der Waals surface area contributed by atoms with Crippen LogP contribution in [0.15, 0.2) is 24.4 Å². The fourth-order valence-electron chi connectivity index (χ4n) is 2.31. The van der Waals surface area contributed by atoms with Crippen LogP contribution in [0, 0.1) is 0 Å². The molecule has 0 amide bonds. The molecule has 0 aliphatic rings. The Morgan fingerprint density at radius 1 is 1.20 bits per heavy atom. The zero-order valence-corrected chi connectivity index (χ0v) is 12.4. The summed E-state index contributed by atoms with van der Waals surface area (Å²) in [4.78, 5) is 15.4. The summed E-state index contributed by atoms with van der Waals surface area (Å²) in [6, 6.07) is 5.89. The Morgan fingerprint density at radius 2 is 2.05 bits per heavy atom. The Kier molecular flexibility index (Phi) is 5.22. The first-order valence-corrected chi connectivity index (χ1v) is 7.53. The molecule has 108 valence electrons. The lowest BCUT2D eigenvalue weighted by Crippen LogP contribution is -1.98. The highest BCUT2D eigenvalue weighted by Gasteiger charge is 2.12. The Labute approximate surface area is 120 Å². The van der Waals surface area contributed by atoms with E-state index >= 15 is 0 Å². The van der Waals surface area contributed by atoms with E-state index in [1.165, 1.54) is 0 Å². The first-order valence-electron chi connectivity index (χ1n) is 7.53. The second-order valence-electron chi connectivity index (χ2n) is 5.14. The van der Waals surface area contributed by atoms with E-state index in [1.807, 2.05) is 24.4 Å². The summed E-state index contributed by atoms with van der Waals surface area (Å²) in [7, 11) is 0. The van der Waals surface area contributed by atoms with Gasteiger partial charge in [0.05, 0.1) is 6.61 Å². The molecule has 0 aliphatic carbocycles. The molecule has 0 fully saturated rings. The summed E-state index contributed by atoms with van der Waals surface area (Å²) in [5.41, 5.74) is 1.78. The molecule has 0 aliphatic heterocycles. The molecule has 0 saturated heterocycles. The van der Waals surface area contributed by atoms with Gasteiger partial charge in [0, 0.05) is 29.1 Å². The maximum absolute atomic E-state index is 12.3. The van der Waals surface area contributed by atoms with E-state index in [1.54, 1.807) is 0 Å². The van der Waals surface area contributed by atoms with Crippen molar-refractivity contribution in [2.75, 3.05) is 6.61 Å². The van der Waals surface area contributed by atoms with Crippen LogP contribution in [0.4, 0.5) is 0 Å². The SMILES string of the molecule is CCCCCC(=O)c1c[nH]c2ccc(OCCC)cc12. The number of H-pyrrole nitrogens is 1. The highest BCUT2D eigenvalue weighted by molar-refractivity contribution is 6.08. The van der Waals surface area contributed by atoms with Gasteiger partial charge in [-0.3, -0.25) is 4.79 Å². The van der Waals surface area contributed by atoms with E-state index in [4.69, 9.17) is 4.74 Å². The fourth-order valence-corrected chi connectivity index (χ4v) is 2.31. The van der Waals surface area contributed by atoms with E-state index in [0.717, 1.165) is 47.9 Å². The van der Waals surface area contributed by atoms with Gasteiger partial charge in [0.15, 0.2) is 5.78 Å². The van der Waals surface area contributed by atoms with Crippen molar-refractivity contribution in [3.63, 3.8) is 0 Å². The maximum atomic E-state index is 12.3. The molecule has 1 aromatic carbocycles. The van der Waals surface area contributed by atoms with Gasteiger partial charge >= 0.3 is 0 Å². The third-order valence-electron chi connectivity index (χ3n) is 3.43. The number of benzene rings is 1. The molecule has 2 aromatic rings. The summed E-state index contributed by atoms with van der Waals surface area (Å²) in [5.74, 6) is 1.05. The monoisotopic (exact) mass is 273 g/mol. The Hall–Kier alpha value is -1.77. The predicted molar refractivity (Wildman–Crippen MR) is 82.6 cm³/mol. The third-order valence-corrected chi connectivity index (χ3v) is 3.43. The molecule has 0 radical (unpaired) electrons. The number of ether oxygens (including phenoxy) is 1. The number of fused-ring (bicyclic) bond motifs is 1. The van der Waals surface area contributed by atoms with Gasteiger partial charge in [0.2, 0.25) is 0 Å². The molecule has 20 heavy (non-hydrogen) atoms. The fraction of sp³-hybridized carbons (Fsp3) is 0.471. The number of hydrogen-bond acceptors (Lipinski definition) is 2. The average Bonchev–Trinajstić information content (AvgIpc) is 2.88. The largest absolute Gasteiger partial charge is 0.494 e. The number of rotatable bonds is 8. The molecule has 0 saturated carbocycles. The molecule has 0 unspecified atom stereocenters. The van der Waals surface area contributed by atoms with Crippen molar-refractivity contribution >= 4 is 16.7 Å². The van der Waals surface area contributed by atoms with Crippen LogP contribution >= 0.6 is 0 Å². The van der Waals surface area contributed by atoms with Crippen LogP contribution in [-0.2, 0) is 0 Å². The second-order valence-corrected chi connectivity index (χ2v) is 5.14. The van der Waals surface area contributed by atoms with Gasteiger partial charge < -0.3 is 9.72 Å². The molecule has 2 rings (SSSR count). The van der Waals surface area contributed by atoms with Crippen LogP contribution in [0.5, 0.6) is 5.75 Å². The topological polar surface area (TPSA) is 42.1 Å². The van der Waals surface area contributed by atoms with Crippen LogP contribution < -0.4 is 4.74 Å². The molecular formula is C17H23NO2. The Morgan fingerprint density at radius 3 is 2.80 bits per heavy atom. The van der Waals surface area contributed by atoms with Gasteiger partial charge in [-0.25, -0.2) is 0 Å². The van der Waals surface area contributed by atoms with Gasteiger partial charge in [0.25, 0.3) is 0 Å². The Balaban J connectivity index is 2.18. The van der Waals surface area contributed by atoms with E-state index in [2.05, 4.69) is 18.8 Å². The molecule has 3 nitrogen and oxygen atoms in total. The summed E-state index contributed by atoms with van der Waals surface area (Å²) >= 11 is 0. The standard InChI is InChI=1S/C17H23NO2/c1-3-5-6-7-17(19)15-12-18-16-9-8-13(11-14(15)16)20-10-4-2/h8-9,11-12,18H,3-7,10H2,1-2H3.